The second kappa shape index (κ2) is 12.8. The molecule has 1 aromatic carbocycles. The van der Waals surface area contributed by atoms with Gasteiger partial charge < -0.3 is 45.1 Å². The van der Waals surface area contributed by atoms with Crippen LogP contribution in [0.25, 0.3) is 0 Å². The molecule has 1 aromatic heterocycles. The lowest BCUT2D eigenvalue weighted by Gasteiger charge is -2.39. The molecule has 0 bridgehead atoms. The largest absolute Gasteiger partial charge is 0.492 e. The number of amides is 1. The van der Waals surface area contributed by atoms with Gasteiger partial charge in [-0.2, -0.15) is 0 Å². The molecule has 1 aliphatic heterocycles. The second-order valence-electron chi connectivity index (χ2n) is 11.9. The molecule has 40 heavy (non-hydrogen) atoms. The number of ether oxygens (including phenoxy) is 3. The Labute approximate surface area is 234 Å². The van der Waals surface area contributed by atoms with Crippen LogP contribution in [0.2, 0.25) is 0 Å². The lowest BCUT2D eigenvalue weighted by atomic mass is 9.91. The van der Waals surface area contributed by atoms with Crippen LogP contribution >= 0.6 is 0 Å². The van der Waals surface area contributed by atoms with Crippen LogP contribution in [0.5, 0.6) is 11.6 Å². The van der Waals surface area contributed by atoms with Crippen LogP contribution in [0.1, 0.15) is 64.3 Å². The number of nitrogens with zero attached hydrogens (tertiary/aromatic N) is 1. The van der Waals surface area contributed by atoms with Gasteiger partial charge in [-0.3, -0.25) is 9.89 Å². The monoisotopic (exact) mass is 565 g/mol. The normalized spacial score (nSPS) is 23.8. The number of aromatic nitrogens is 2. The molecule has 0 spiro atoms. The number of hydrogen-bond acceptors (Lipinski definition) is 10. The summed E-state index contributed by atoms with van der Waals surface area (Å²) in [5.74, 6) is 0.602. The van der Waals surface area contributed by atoms with Gasteiger partial charge in [0.25, 0.3) is 0 Å². The van der Waals surface area contributed by atoms with Crippen LogP contribution in [0, 0.1) is 5.41 Å². The third-order valence-electron chi connectivity index (χ3n) is 6.88. The Morgan fingerprint density at radius 3 is 2.30 bits per heavy atom. The van der Waals surface area contributed by atoms with E-state index in [0.717, 1.165) is 16.8 Å². The molecule has 0 aliphatic carbocycles. The summed E-state index contributed by atoms with van der Waals surface area (Å²) in [5, 5.41) is 59.5. The molecule has 7 N–H and O–H groups in total. The van der Waals surface area contributed by atoms with Crippen LogP contribution in [-0.4, -0.2) is 97.7 Å². The van der Waals surface area contributed by atoms with Crippen LogP contribution in [0.3, 0.4) is 0 Å². The Morgan fingerprint density at radius 2 is 1.73 bits per heavy atom. The quantitative estimate of drug-likeness (QED) is 0.192. The third kappa shape index (κ3) is 7.50. The maximum Gasteiger partial charge on any atom is 0.238 e. The summed E-state index contributed by atoms with van der Waals surface area (Å²) in [6.45, 7) is 10.4. The van der Waals surface area contributed by atoms with Crippen molar-refractivity contribution in [3.05, 3.63) is 41.1 Å². The van der Waals surface area contributed by atoms with Crippen LogP contribution in [0.15, 0.2) is 24.3 Å². The summed E-state index contributed by atoms with van der Waals surface area (Å²) in [7, 11) is 0. The van der Waals surface area contributed by atoms with Gasteiger partial charge in [0.05, 0.1) is 24.2 Å². The van der Waals surface area contributed by atoms with Crippen molar-refractivity contribution >= 4 is 5.91 Å². The van der Waals surface area contributed by atoms with Gasteiger partial charge in [0.1, 0.15) is 36.8 Å². The van der Waals surface area contributed by atoms with Gasteiger partial charge in [-0.25, -0.2) is 0 Å². The Morgan fingerprint density at radius 1 is 1.07 bits per heavy atom. The SMILES string of the molecule is CC(C)c1[nH]nc(OC2O[C@H](CO)[C@@H](O)[C@H](O)[C@H]2O)c1Cc1ccc(OCC(C)(C)C(=O)NC(C)(C)CO)cc1. The number of aliphatic hydroxyl groups excluding tert-OH is 5. The first-order valence-electron chi connectivity index (χ1n) is 13.4. The highest BCUT2D eigenvalue weighted by Gasteiger charge is 2.45. The fourth-order valence-electron chi connectivity index (χ4n) is 4.13. The van der Waals surface area contributed by atoms with E-state index in [1.807, 2.05) is 26.0 Å². The minimum Gasteiger partial charge on any atom is -0.492 e. The van der Waals surface area contributed by atoms with Crippen molar-refractivity contribution in [1.82, 2.24) is 15.5 Å². The lowest BCUT2D eigenvalue weighted by molar-refractivity contribution is -0.278. The standard InChI is InChI=1S/C28H43N3O9/c1-15(2)20-18(24(31-30-20)40-25-23(36)22(35)21(34)19(12-32)39-25)11-16-7-9-17(10-8-16)38-14-27(3,4)26(37)29-28(5,6)13-33/h7-10,15,19,21-23,25,32-36H,11-14H2,1-6H3,(H,29,37)(H,30,31)/t19-,21-,22+,23-,25?/m1/s1. The van der Waals surface area contributed by atoms with Crippen LogP contribution in [-0.2, 0) is 16.0 Å². The van der Waals surface area contributed by atoms with Crippen molar-refractivity contribution in [3.63, 3.8) is 0 Å². The molecule has 0 radical (unpaired) electrons. The van der Waals surface area contributed by atoms with Crippen molar-refractivity contribution in [1.29, 1.82) is 0 Å². The zero-order valence-electron chi connectivity index (χ0n) is 23.9. The number of H-pyrrole nitrogens is 1. The maximum atomic E-state index is 12.7. The first-order valence-corrected chi connectivity index (χ1v) is 13.4. The van der Waals surface area contributed by atoms with Gasteiger partial charge in [0.15, 0.2) is 0 Å². The topological polar surface area (TPSA) is 187 Å². The molecule has 2 aromatic rings. The van der Waals surface area contributed by atoms with Crippen molar-refractivity contribution in [2.24, 2.45) is 5.41 Å². The highest BCUT2D eigenvalue weighted by Crippen LogP contribution is 2.31. The molecule has 5 atom stereocenters. The first kappa shape index (κ1) is 31.8. The summed E-state index contributed by atoms with van der Waals surface area (Å²) in [6.07, 6.45) is -6.63. The molecule has 1 aliphatic rings. The van der Waals surface area contributed by atoms with Gasteiger partial charge in [-0.15, -0.1) is 5.10 Å². The van der Waals surface area contributed by atoms with Gasteiger partial charge in [0.2, 0.25) is 18.1 Å². The van der Waals surface area contributed by atoms with Gasteiger partial charge in [0, 0.05) is 17.7 Å². The number of benzene rings is 1. The Bertz CT molecular complexity index is 1110. The summed E-state index contributed by atoms with van der Waals surface area (Å²) in [4.78, 5) is 12.7. The third-order valence-corrected chi connectivity index (χ3v) is 6.88. The smallest absolute Gasteiger partial charge is 0.238 e. The summed E-state index contributed by atoms with van der Waals surface area (Å²) >= 11 is 0. The van der Waals surface area contributed by atoms with E-state index >= 15 is 0 Å². The van der Waals surface area contributed by atoms with Gasteiger partial charge in [-0.05, 0) is 51.3 Å². The number of carbonyl (C=O) groups excluding carboxylic acids is 1. The molecule has 12 nitrogen and oxygen atoms in total. The molecule has 1 fully saturated rings. The highest BCUT2D eigenvalue weighted by molar-refractivity contribution is 5.82. The number of aromatic amines is 1. The van der Waals surface area contributed by atoms with Gasteiger partial charge in [-0.1, -0.05) is 26.0 Å². The lowest BCUT2D eigenvalue weighted by Crippen LogP contribution is -2.60. The second-order valence-corrected chi connectivity index (χ2v) is 11.9. The molecule has 2 heterocycles. The minimum atomic E-state index is -1.56. The van der Waals surface area contributed by atoms with Crippen molar-refractivity contribution in [2.45, 2.75) is 90.1 Å². The number of hydrogen-bond donors (Lipinski definition) is 7. The summed E-state index contributed by atoms with van der Waals surface area (Å²) in [6, 6.07) is 7.36. The number of nitrogens with one attached hydrogen (secondary N) is 2. The molecule has 3 rings (SSSR count). The highest BCUT2D eigenvalue weighted by atomic mass is 16.7. The molecule has 1 unspecified atom stereocenters. The molecular formula is C28H43N3O9. The fraction of sp³-hybridized carbons (Fsp3) is 0.643. The van der Waals surface area contributed by atoms with E-state index < -0.39 is 48.3 Å². The molecule has 0 saturated carbocycles. The Kier molecular flexibility index (Phi) is 10.2. The predicted octanol–water partition coefficient (Wildman–Crippen LogP) is 0.595. The zero-order chi connectivity index (χ0) is 29.8. The molecule has 12 heteroatoms. The summed E-state index contributed by atoms with van der Waals surface area (Å²) in [5.41, 5.74) is 0.896. The Hall–Kier alpha value is -2.74. The number of aliphatic hydroxyl groups is 5. The molecular weight excluding hydrogens is 522 g/mol. The predicted molar refractivity (Wildman–Crippen MR) is 145 cm³/mol. The van der Waals surface area contributed by atoms with E-state index in [1.54, 1.807) is 39.8 Å². The molecule has 224 valence electrons. The Balaban J connectivity index is 1.70. The van der Waals surface area contributed by atoms with Crippen LogP contribution in [0.4, 0.5) is 0 Å². The van der Waals surface area contributed by atoms with Gasteiger partial charge >= 0.3 is 0 Å². The average molecular weight is 566 g/mol. The maximum absolute atomic E-state index is 12.7. The minimum absolute atomic E-state index is 0.0708. The van der Waals surface area contributed by atoms with E-state index in [9.17, 15) is 30.3 Å². The van der Waals surface area contributed by atoms with Crippen LogP contribution < -0.4 is 14.8 Å². The van der Waals surface area contributed by atoms with E-state index in [1.165, 1.54) is 0 Å². The molecule has 1 saturated heterocycles. The fourth-order valence-corrected chi connectivity index (χ4v) is 4.13. The van der Waals surface area contributed by atoms with E-state index in [-0.39, 0.29) is 30.9 Å². The van der Waals surface area contributed by atoms with E-state index in [0.29, 0.717) is 12.2 Å². The number of rotatable bonds is 12. The molecule has 1 amide bonds. The van der Waals surface area contributed by atoms with E-state index in [4.69, 9.17) is 14.2 Å². The van der Waals surface area contributed by atoms with Crippen molar-refractivity contribution in [2.75, 3.05) is 19.8 Å². The number of carbonyl (C=O) groups is 1. The zero-order valence-corrected chi connectivity index (χ0v) is 23.9. The van der Waals surface area contributed by atoms with E-state index in [2.05, 4.69) is 15.5 Å². The van der Waals surface area contributed by atoms with Crippen molar-refractivity contribution < 1.29 is 44.5 Å². The first-order chi connectivity index (χ1) is 18.7. The average Bonchev–Trinajstić information content (AvgIpc) is 3.30. The summed E-state index contributed by atoms with van der Waals surface area (Å²) < 4.78 is 17.2. The van der Waals surface area contributed by atoms with Crippen molar-refractivity contribution in [3.8, 4) is 11.6 Å².